The maximum absolute atomic E-state index is 15.1. The van der Waals surface area contributed by atoms with Crippen molar-refractivity contribution in [1.82, 2.24) is 24.5 Å². The van der Waals surface area contributed by atoms with Crippen LogP contribution in [0.25, 0.3) is 16.9 Å². The van der Waals surface area contributed by atoms with Gasteiger partial charge in [-0.3, -0.25) is 4.90 Å². The van der Waals surface area contributed by atoms with Crippen LogP contribution in [0.4, 0.5) is 27.8 Å². The van der Waals surface area contributed by atoms with E-state index in [9.17, 15) is 13.2 Å². The summed E-state index contributed by atoms with van der Waals surface area (Å²) in [7, 11) is 0. The molecule has 8 nitrogen and oxygen atoms in total. The van der Waals surface area contributed by atoms with Crippen molar-refractivity contribution in [3.8, 4) is 16.9 Å². The first-order valence-corrected chi connectivity index (χ1v) is 10.7. The highest BCUT2D eigenvalue weighted by molar-refractivity contribution is 6.33. The first kappa shape index (κ1) is 24.4. The fraction of sp³-hybridized carbons (Fsp3) is 0.450. The molecule has 14 heteroatoms. The van der Waals surface area contributed by atoms with Gasteiger partial charge in [0.15, 0.2) is 0 Å². The van der Waals surface area contributed by atoms with Crippen LogP contribution in [0.1, 0.15) is 6.92 Å². The van der Waals surface area contributed by atoms with Crippen LogP contribution in [0, 0.1) is 11.6 Å². The third-order valence-corrected chi connectivity index (χ3v) is 5.55. The van der Waals surface area contributed by atoms with Gasteiger partial charge < -0.3 is 14.8 Å². The van der Waals surface area contributed by atoms with E-state index < -0.39 is 46.0 Å². The molecule has 1 aliphatic rings. The van der Waals surface area contributed by atoms with Crippen LogP contribution in [0.2, 0.25) is 5.15 Å². The second-order valence-corrected chi connectivity index (χ2v) is 7.93. The average Bonchev–Trinajstić information content (AvgIpc) is 3.23. The number of rotatable bonds is 7. The van der Waals surface area contributed by atoms with Crippen LogP contribution in [0.5, 0.6) is 5.75 Å². The molecule has 0 spiro atoms. The second-order valence-electron chi connectivity index (χ2n) is 7.57. The molecule has 4 rings (SSSR count). The van der Waals surface area contributed by atoms with Gasteiger partial charge >= 0.3 is 6.18 Å². The Kier molecular flexibility index (Phi) is 7.05. The average molecular weight is 507 g/mol. The molecular weight excluding hydrogens is 487 g/mol. The molecule has 0 bridgehead atoms. The molecule has 1 aliphatic heterocycles. The van der Waals surface area contributed by atoms with Crippen LogP contribution in [-0.2, 0) is 4.74 Å². The van der Waals surface area contributed by atoms with Gasteiger partial charge in [-0.05, 0) is 6.92 Å². The molecule has 1 saturated heterocycles. The molecule has 0 amide bonds. The zero-order valence-electron chi connectivity index (χ0n) is 17.9. The van der Waals surface area contributed by atoms with Crippen molar-refractivity contribution in [1.29, 1.82) is 0 Å². The van der Waals surface area contributed by atoms with Crippen LogP contribution >= 0.6 is 11.6 Å². The Morgan fingerprint density at radius 2 is 1.85 bits per heavy atom. The van der Waals surface area contributed by atoms with E-state index in [0.717, 1.165) is 43.0 Å². The second kappa shape index (κ2) is 9.84. The van der Waals surface area contributed by atoms with Crippen LogP contribution < -0.4 is 10.1 Å². The van der Waals surface area contributed by atoms with Crippen molar-refractivity contribution in [3.05, 3.63) is 35.2 Å². The Bertz CT molecular complexity index is 1150. The molecule has 2 aromatic heterocycles. The van der Waals surface area contributed by atoms with Gasteiger partial charge in [0.25, 0.3) is 5.78 Å². The summed E-state index contributed by atoms with van der Waals surface area (Å²) < 4.78 is 81.5. The van der Waals surface area contributed by atoms with E-state index in [1.54, 1.807) is 0 Å². The molecule has 1 aromatic carbocycles. The summed E-state index contributed by atoms with van der Waals surface area (Å²) in [6.07, 6.45) is -3.63. The predicted octanol–water partition coefficient (Wildman–Crippen LogP) is 3.80. The molecule has 1 fully saturated rings. The number of anilines is 1. The van der Waals surface area contributed by atoms with E-state index in [2.05, 4.69) is 25.3 Å². The van der Waals surface area contributed by atoms with E-state index >= 15 is 8.78 Å². The molecule has 34 heavy (non-hydrogen) atoms. The monoisotopic (exact) mass is 506 g/mol. The van der Waals surface area contributed by atoms with Gasteiger partial charge in [-0.15, -0.1) is 0 Å². The number of aromatic nitrogens is 4. The fourth-order valence-corrected chi connectivity index (χ4v) is 3.71. The van der Waals surface area contributed by atoms with Crippen molar-refractivity contribution in [2.24, 2.45) is 0 Å². The van der Waals surface area contributed by atoms with Gasteiger partial charge in [-0.25, -0.2) is 8.78 Å². The van der Waals surface area contributed by atoms with Gasteiger partial charge in [0.05, 0.1) is 24.3 Å². The number of ether oxygens (including phenoxy) is 2. The van der Waals surface area contributed by atoms with Crippen LogP contribution in [0.15, 0.2) is 18.5 Å². The smallest absolute Gasteiger partial charge is 0.408 e. The number of hydrogen-bond donors (Lipinski definition) is 1. The molecule has 0 saturated carbocycles. The topological polar surface area (TPSA) is 76.8 Å². The lowest BCUT2D eigenvalue weighted by molar-refractivity contribution is -0.138. The Morgan fingerprint density at radius 3 is 2.50 bits per heavy atom. The Morgan fingerprint density at radius 1 is 1.18 bits per heavy atom. The highest BCUT2D eigenvalue weighted by atomic mass is 35.5. The Hall–Kier alpha value is -2.77. The number of nitrogens with zero attached hydrogens (tertiary/aromatic N) is 5. The number of halogens is 6. The van der Waals surface area contributed by atoms with Gasteiger partial charge in [0.2, 0.25) is 0 Å². The maximum Gasteiger partial charge on any atom is 0.408 e. The Balaban J connectivity index is 1.66. The van der Waals surface area contributed by atoms with Gasteiger partial charge in [0, 0.05) is 31.8 Å². The zero-order valence-corrected chi connectivity index (χ0v) is 18.6. The standard InChI is InChI=1S/C20H20ClF5N6O2/c1-11(20(24,25)26)29-18-16(17(21)30-19-27-10-28-32(18)19)15-13(22)8-12(9-14(15)23)34-7-4-31-2-5-33-6-3-31/h8-11,29H,2-7H2,1H3/t11-/m0/s1. The van der Waals surface area contributed by atoms with Crippen LogP contribution in [0.3, 0.4) is 0 Å². The quantitative estimate of drug-likeness (QED) is 0.386. The number of nitrogens with one attached hydrogen (secondary N) is 1. The predicted molar refractivity (Wildman–Crippen MR) is 113 cm³/mol. The minimum Gasteiger partial charge on any atom is -0.492 e. The first-order valence-electron chi connectivity index (χ1n) is 10.3. The number of fused-ring (bicyclic) bond motifs is 1. The number of hydrogen-bond acceptors (Lipinski definition) is 7. The fourth-order valence-electron chi connectivity index (χ4n) is 3.45. The summed E-state index contributed by atoms with van der Waals surface area (Å²) in [5, 5.41) is 5.56. The summed E-state index contributed by atoms with van der Waals surface area (Å²) in [5.41, 5.74) is -1.10. The lowest BCUT2D eigenvalue weighted by atomic mass is 10.1. The summed E-state index contributed by atoms with van der Waals surface area (Å²) in [5.74, 6) is -2.80. The van der Waals surface area contributed by atoms with Crippen molar-refractivity contribution in [2.75, 3.05) is 44.8 Å². The Labute approximate surface area is 195 Å². The van der Waals surface area contributed by atoms with Crippen molar-refractivity contribution in [3.63, 3.8) is 0 Å². The van der Waals surface area contributed by atoms with Gasteiger partial charge in [0.1, 0.15) is 47.3 Å². The lowest BCUT2D eigenvalue weighted by Gasteiger charge is -2.26. The molecule has 0 radical (unpaired) electrons. The minimum absolute atomic E-state index is 0.0731. The van der Waals surface area contributed by atoms with E-state index in [4.69, 9.17) is 21.1 Å². The summed E-state index contributed by atoms with van der Waals surface area (Å²) in [6, 6.07) is -0.210. The van der Waals surface area contributed by atoms with E-state index in [1.807, 2.05) is 0 Å². The molecular formula is C20H20ClF5N6O2. The van der Waals surface area contributed by atoms with E-state index in [1.165, 1.54) is 0 Å². The van der Waals surface area contributed by atoms with E-state index in [0.29, 0.717) is 19.8 Å². The van der Waals surface area contributed by atoms with E-state index in [-0.39, 0.29) is 18.1 Å². The van der Waals surface area contributed by atoms with Crippen molar-refractivity contribution < 1.29 is 31.4 Å². The minimum atomic E-state index is -4.66. The molecule has 184 valence electrons. The zero-order chi connectivity index (χ0) is 24.5. The number of benzene rings is 1. The summed E-state index contributed by atoms with van der Waals surface area (Å²) in [6.45, 7) is 4.23. The third kappa shape index (κ3) is 5.15. The highest BCUT2D eigenvalue weighted by Gasteiger charge is 2.37. The van der Waals surface area contributed by atoms with Crippen LogP contribution in [-0.4, -0.2) is 76.2 Å². The SMILES string of the molecule is C[C@H](Nc1c(-c2c(F)cc(OCCN3CCOCC3)cc2F)c(Cl)nc2ncnn12)C(F)(F)F. The highest BCUT2D eigenvalue weighted by Crippen LogP contribution is 2.39. The third-order valence-electron chi connectivity index (χ3n) is 5.27. The molecule has 0 unspecified atom stereocenters. The van der Waals surface area contributed by atoms with Crippen molar-refractivity contribution >= 4 is 23.2 Å². The van der Waals surface area contributed by atoms with Crippen molar-refractivity contribution in [2.45, 2.75) is 19.1 Å². The summed E-state index contributed by atoms with van der Waals surface area (Å²) >= 11 is 6.16. The molecule has 1 atom stereocenters. The van der Waals surface area contributed by atoms with Gasteiger partial charge in [-0.2, -0.15) is 32.8 Å². The lowest BCUT2D eigenvalue weighted by Crippen LogP contribution is -2.38. The van der Waals surface area contributed by atoms with Gasteiger partial charge in [-0.1, -0.05) is 11.6 Å². The normalized spacial score (nSPS) is 16.1. The molecule has 1 N–H and O–H groups in total. The molecule has 0 aliphatic carbocycles. The number of morpholine rings is 1. The summed E-state index contributed by atoms with van der Waals surface area (Å²) in [4.78, 5) is 9.78. The maximum atomic E-state index is 15.1. The number of alkyl halides is 3. The first-order chi connectivity index (χ1) is 16.1. The molecule has 3 aromatic rings. The largest absolute Gasteiger partial charge is 0.492 e. The molecule has 3 heterocycles.